The van der Waals surface area contributed by atoms with E-state index in [1.807, 2.05) is 6.08 Å². The monoisotopic (exact) mass is 337 g/mol. The largest absolute Gasteiger partial charge is 0.500 e. The molecular weight excluding hydrogens is 306 g/mol. The average Bonchev–Trinajstić information content (AvgIpc) is 2.61. The molecular formula is C18H31NO3Si. The predicted molar refractivity (Wildman–Crippen MR) is 98.3 cm³/mol. The lowest BCUT2D eigenvalue weighted by molar-refractivity contribution is 0.122. The molecule has 1 aromatic rings. The van der Waals surface area contributed by atoms with E-state index in [-0.39, 0.29) is 0 Å². The molecule has 0 saturated heterocycles. The second kappa shape index (κ2) is 11.5. The van der Waals surface area contributed by atoms with Crippen LogP contribution >= 0.6 is 0 Å². The van der Waals surface area contributed by atoms with Gasteiger partial charge in [0.05, 0.1) is 0 Å². The smallest absolute Gasteiger partial charge is 0.377 e. The number of hydrogen-bond donors (Lipinski definition) is 1. The van der Waals surface area contributed by atoms with Gasteiger partial charge in [0.2, 0.25) is 0 Å². The molecule has 0 heterocycles. The first-order valence-electron chi connectivity index (χ1n) is 8.27. The Kier molecular flexibility index (Phi) is 10.1. The van der Waals surface area contributed by atoms with Crippen LogP contribution in [0.4, 0.5) is 0 Å². The molecule has 1 aromatic carbocycles. The highest BCUT2D eigenvalue weighted by Gasteiger charge is 2.36. The molecule has 0 atom stereocenters. The van der Waals surface area contributed by atoms with E-state index < -0.39 is 8.80 Å². The van der Waals surface area contributed by atoms with Crippen molar-refractivity contribution in [1.82, 2.24) is 5.32 Å². The number of benzene rings is 1. The number of nitrogens with one attached hydrogen (secondary N) is 1. The molecule has 0 aliphatic carbocycles. The summed E-state index contributed by atoms with van der Waals surface area (Å²) in [6, 6.07) is 9.38. The van der Waals surface area contributed by atoms with Gasteiger partial charge in [-0.3, -0.25) is 0 Å². The zero-order chi connectivity index (χ0) is 17.0. The van der Waals surface area contributed by atoms with E-state index in [2.05, 4.69) is 36.2 Å². The van der Waals surface area contributed by atoms with Gasteiger partial charge in [-0.25, -0.2) is 0 Å². The molecule has 0 aromatic heterocycles. The summed E-state index contributed by atoms with van der Waals surface area (Å²) in [6.07, 6.45) is 6.53. The van der Waals surface area contributed by atoms with Crippen molar-refractivity contribution in [2.75, 3.05) is 27.9 Å². The minimum absolute atomic E-state index is 0.888. The van der Waals surface area contributed by atoms with Crippen molar-refractivity contribution in [3.8, 4) is 0 Å². The maximum absolute atomic E-state index is 5.42. The molecule has 0 aliphatic rings. The minimum Gasteiger partial charge on any atom is -0.377 e. The summed E-state index contributed by atoms with van der Waals surface area (Å²) >= 11 is 0. The SMILES string of the molecule is C=Cc1ccc(CNCCCCCC[Si](OC)(OC)OC)cc1. The zero-order valence-electron chi connectivity index (χ0n) is 14.8. The molecule has 0 aliphatic heterocycles. The van der Waals surface area contributed by atoms with Crippen molar-refractivity contribution in [2.45, 2.75) is 38.3 Å². The summed E-state index contributed by atoms with van der Waals surface area (Å²) < 4.78 is 16.3. The highest BCUT2D eigenvalue weighted by molar-refractivity contribution is 6.60. The standard InChI is InChI=1S/C18H31NO3Si/c1-5-17-10-12-18(13-11-17)16-19-14-8-6-7-9-15-23(20-2,21-3)22-4/h5,10-13,19H,1,6-9,14-16H2,2-4H3. The fraction of sp³-hybridized carbons (Fsp3) is 0.556. The van der Waals surface area contributed by atoms with Gasteiger partial charge in [0.25, 0.3) is 0 Å². The molecule has 1 N–H and O–H groups in total. The Morgan fingerprint density at radius 1 is 0.957 bits per heavy atom. The van der Waals surface area contributed by atoms with Crippen molar-refractivity contribution >= 4 is 14.9 Å². The Labute approximate surface area is 142 Å². The summed E-state index contributed by atoms with van der Waals surface area (Å²) in [4.78, 5) is 0. The third kappa shape index (κ3) is 7.41. The first kappa shape index (κ1) is 20.1. The normalized spacial score (nSPS) is 11.6. The van der Waals surface area contributed by atoms with E-state index >= 15 is 0 Å². The van der Waals surface area contributed by atoms with Crippen molar-refractivity contribution in [2.24, 2.45) is 0 Å². The van der Waals surface area contributed by atoms with Crippen LogP contribution in [0.1, 0.15) is 36.8 Å². The average molecular weight is 338 g/mol. The highest BCUT2D eigenvalue weighted by atomic mass is 28.4. The van der Waals surface area contributed by atoms with Crippen LogP contribution in [0.5, 0.6) is 0 Å². The Morgan fingerprint density at radius 3 is 2.13 bits per heavy atom. The molecule has 0 spiro atoms. The van der Waals surface area contributed by atoms with Crippen LogP contribution in [-0.2, 0) is 19.8 Å². The molecule has 5 heteroatoms. The number of hydrogen-bond acceptors (Lipinski definition) is 4. The van der Waals surface area contributed by atoms with Gasteiger partial charge in [-0.05, 0) is 30.5 Å². The van der Waals surface area contributed by atoms with Gasteiger partial charge in [0.15, 0.2) is 0 Å². The van der Waals surface area contributed by atoms with E-state index in [1.54, 1.807) is 21.3 Å². The molecule has 0 fully saturated rings. The molecule has 0 bridgehead atoms. The first-order chi connectivity index (χ1) is 11.2. The second-order valence-corrected chi connectivity index (χ2v) is 8.67. The van der Waals surface area contributed by atoms with E-state index in [1.165, 1.54) is 24.8 Å². The fourth-order valence-electron chi connectivity index (χ4n) is 2.51. The highest BCUT2D eigenvalue weighted by Crippen LogP contribution is 2.17. The Hall–Kier alpha value is -0.983. The molecule has 0 amide bonds. The van der Waals surface area contributed by atoms with Gasteiger partial charge < -0.3 is 18.6 Å². The molecule has 4 nitrogen and oxygen atoms in total. The third-order valence-corrected chi connectivity index (χ3v) is 6.90. The first-order valence-corrected chi connectivity index (χ1v) is 10.2. The van der Waals surface area contributed by atoms with Crippen molar-refractivity contribution in [3.05, 3.63) is 42.0 Å². The topological polar surface area (TPSA) is 39.7 Å². The van der Waals surface area contributed by atoms with Crippen LogP contribution in [0.3, 0.4) is 0 Å². The van der Waals surface area contributed by atoms with Crippen LogP contribution in [0, 0.1) is 0 Å². The van der Waals surface area contributed by atoms with Gasteiger partial charge in [0, 0.05) is 33.9 Å². The lowest BCUT2D eigenvalue weighted by atomic mass is 10.1. The summed E-state index contributed by atoms with van der Waals surface area (Å²) in [5.74, 6) is 0. The maximum atomic E-state index is 5.42. The second-order valence-electron chi connectivity index (χ2n) is 5.58. The van der Waals surface area contributed by atoms with Crippen LogP contribution in [0.15, 0.2) is 30.8 Å². The molecule has 0 saturated carbocycles. The van der Waals surface area contributed by atoms with E-state index in [0.29, 0.717) is 0 Å². The Balaban J connectivity index is 2.06. The van der Waals surface area contributed by atoms with E-state index in [4.69, 9.17) is 13.3 Å². The van der Waals surface area contributed by atoms with Gasteiger partial charge in [-0.15, -0.1) is 0 Å². The van der Waals surface area contributed by atoms with E-state index in [0.717, 1.165) is 31.1 Å². The van der Waals surface area contributed by atoms with Crippen molar-refractivity contribution in [1.29, 1.82) is 0 Å². The number of unbranched alkanes of at least 4 members (excludes halogenated alkanes) is 3. The van der Waals surface area contributed by atoms with Crippen LogP contribution in [-0.4, -0.2) is 36.7 Å². The molecule has 23 heavy (non-hydrogen) atoms. The summed E-state index contributed by atoms with van der Waals surface area (Å²) in [6.45, 7) is 5.73. The van der Waals surface area contributed by atoms with Crippen molar-refractivity contribution < 1.29 is 13.3 Å². The van der Waals surface area contributed by atoms with Crippen LogP contribution in [0.2, 0.25) is 6.04 Å². The molecule has 0 radical (unpaired) electrons. The predicted octanol–water partition coefficient (Wildman–Crippen LogP) is 3.86. The lowest BCUT2D eigenvalue weighted by Crippen LogP contribution is -2.42. The van der Waals surface area contributed by atoms with Crippen molar-refractivity contribution in [3.63, 3.8) is 0 Å². The Morgan fingerprint density at radius 2 is 1.57 bits per heavy atom. The summed E-state index contributed by atoms with van der Waals surface area (Å²) in [5.41, 5.74) is 2.48. The van der Waals surface area contributed by atoms with Crippen LogP contribution < -0.4 is 5.32 Å². The fourth-order valence-corrected chi connectivity index (χ4v) is 4.30. The number of rotatable bonds is 13. The quantitative estimate of drug-likeness (QED) is 0.438. The maximum Gasteiger partial charge on any atom is 0.500 e. The summed E-state index contributed by atoms with van der Waals surface area (Å²) in [5, 5.41) is 3.49. The Bertz CT molecular complexity index is 424. The molecule has 1 rings (SSSR count). The lowest BCUT2D eigenvalue weighted by Gasteiger charge is -2.24. The third-order valence-electron chi connectivity index (χ3n) is 4.06. The van der Waals surface area contributed by atoms with Gasteiger partial charge in [0.1, 0.15) is 0 Å². The van der Waals surface area contributed by atoms with Gasteiger partial charge in [-0.2, -0.15) is 0 Å². The summed E-state index contributed by atoms with van der Waals surface area (Å²) in [7, 11) is 2.65. The zero-order valence-corrected chi connectivity index (χ0v) is 15.8. The van der Waals surface area contributed by atoms with E-state index in [9.17, 15) is 0 Å². The van der Waals surface area contributed by atoms with Gasteiger partial charge >= 0.3 is 8.80 Å². The minimum atomic E-state index is -2.37. The van der Waals surface area contributed by atoms with Crippen LogP contribution in [0.25, 0.3) is 6.08 Å². The molecule has 0 unspecified atom stereocenters. The molecule has 130 valence electrons. The van der Waals surface area contributed by atoms with Gasteiger partial charge in [-0.1, -0.05) is 49.8 Å².